The van der Waals surface area contributed by atoms with E-state index in [1.54, 1.807) is 36.3 Å². The van der Waals surface area contributed by atoms with Crippen LogP contribution >= 0.6 is 0 Å². The van der Waals surface area contributed by atoms with Gasteiger partial charge in [0.2, 0.25) is 0 Å². The minimum absolute atomic E-state index is 0.0872. The third-order valence-electron chi connectivity index (χ3n) is 4.78. The van der Waals surface area contributed by atoms with Crippen molar-refractivity contribution in [2.45, 2.75) is 31.2 Å². The highest BCUT2D eigenvalue weighted by Crippen LogP contribution is 2.42. The Labute approximate surface area is 140 Å². The summed E-state index contributed by atoms with van der Waals surface area (Å²) in [5.74, 6) is 0.295. The first-order valence-electron chi connectivity index (χ1n) is 8.43. The number of anilines is 1. The Hall–Kier alpha value is -2.21. The largest absolute Gasteiger partial charge is 0.319 e. The van der Waals surface area contributed by atoms with Crippen molar-refractivity contribution in [2.24, 2.45) is 13.0 Å². The molecule has 4 rings (SSSR count). The summed E-state index contributed by atoms with van der Waals surface area (Å²) >= 11 is 0. The molecule has 0 aliphatic heterocycles. The van der Waals surface area contributed by atoms with Gasteiger partial charge in [-0.25, -0.2) is 4.39 Å². The van der Waals surface area contributed by atoms with E-state index in [9.17, 15) is 9.18 Å². The number of halogens is 1. The number of aryl methyl sites for hydroxylation is 1. The normalized spacial score (nSPS) is 22.4. The van der Waals surface area contributed by atoms with Gasteiger partial charge in [-0.05, 0) is 49.4 Å². The minimum Gasteiger partial charge on any atom is -0.319 e. The average molecular weight is 328 g/mol. The number of aromatic nitrogens is 2. The standard InChI is InChI=1S/C18H21FN4O/c1-23-10-13(9-21-23)22-18(24)15-6-12(4-5-16(15)19)14-7-17(14)20-8-11-2-3-11/h4-6,9-11,14,17,20H,2-3,7-8H2,1H3,(H,22,24)/t14-,17+/m0/s1. The van der Waals surface area contributed by atoms with Crippen LogP contribution in [0.15, 0.2) is 30.6 Å². The second-order valence-electron chi connectivity index (χ2n) is 6.90. The molecule has 5 nitrogen and oxygen atoms in total. The highest BCUT2D eigenvalue weighted by molar-refractivity contribution is 6.04. The van der Waals surface area contributed by atoms with Gasteiger partial charge < -0.3 is 10.6 Å². The molecule has 0 unspecified atom stereocenters. The van der Waals surface area contributed by atoms with Crippen molar-refractivity contribution in [3.05, 3.63) is 47.5 Å². The molecular formula is C18H21FN4O. The summed E-state index contributed by atoms with van der Waals surface area (Å²) in [4.78, 5) is 12.3. The van der Waals surface area contributed by atoms with Crippen LogP contribution in [0.25, 0.3) is 0 Å². The molecule has 0 bridgehead atoms. The molecule has 2 fully saturated rings. The van der Waals surface area contributed by atoms with Gasteiger partial charge in [0.15, 0.2) is 0 Å². The summed E-state index contributed by atoms with van der Waals surface area (Å²) in [6.07, 6.45) is 6.94. The Bertz CT molecular complexity index is 768. The van der Waals surface area contributed by atoms with Crippen LogP contribution in [0, 0.1) is 11.7 Å². The molecule has 2 N–H and O–H groups in total. The summed E-state index contributed by atoms with van der Waals surface area (Å²) in [7, 11) is 1.76. The quantitative estimate of drug-likeness (QED) is 0.857. The van der Waals surface area contributed by atoms with Crippen molar-refractivity contribution in [1.82, 2.24) is 15.1 Å². The van der Waals surface area contributed by atoms with Crippen LogP contribution in [0.2, 0.25) is 0 Å². The van der Waals surface area contributed by atoms with Crippen molar-refractivity contribution in [3.63, 3.8) is 0 Å². The summed E-state index contributed by atoms with van der Waals surface area (Å²) in [6, 6.07) is 5.33. The van der Waals surface area contributed by atoms with Crippen LogP contribution in [0.4, 0.5) is 10.1 Å². The molecule has 0 saturated heterocycles. The maximum Gasteiger partial charge on any atom is 0.258 e. The molecule has 1 aromatic heterocycles. The van der Waals surface area contributed by atoms with Gasteiger partial charge in [0.25, 0.3) is 5.91 Å². The SMILES string of the molecule is Cn1cc(NC(=O)c2cc([C@@H]3C[C@H]3NCC3CC3)ccc2F)cn1. The van der Waals surface area contributed by atoms with E-state index in [-0.39, 0.29) is 5.56 Å². The molecule has 1 amide bonds. The highest BCUT2D eigenvalue weighted by atomic mass is 19.1. The van der Waals surface area contributed by atoms with E-state index in [2.05, 4.69) is 15.7 Å². The maximum absolute atomic E-state index is 14.1. The van der Waals surface area contributed by atoms with E-state index < -0.39 is 11.7 Å². The number of rotatable bonds is 6. The van der Waals surface area contributed by atoms with Crippen molar-refractivity contribution in [2.75, 3.05) is 11.9 Å². The van der Waals surface area contributed by atoms with Crippen molar-refractivity contribution >= 4 is 11.6 Å². The van der Waals surface area contributed by atoms with Crippen LogP contribution in [0.3, 0.4) is 0 Å². The van der Waals surface area contributed by atoms with Gasteiger partial charge >= 0.3 is 0 Å². The van der Waals surface area contributed by atoms with Gasteiger partial charge in [0, 0.05) is 25.2 Å². The number of nitrogens with zero attached hydrogens (tertiary/aromatic N) is 2. The highest BCUT2D eigenvalue weighted by Gasteiger charge is 2.39. The van der Waals surface area contributed by atoms with Gasteiger partial charge in [0.05, 0.1) is 17.4 Å². The van der Waals surface area contributed by atoms with Gasteiger partial charge in [-0.15, -0.1) is 0 Å². The van der Waals surface area contributed by atoms with Crippen LogP contribution in [0.5, 0.6) is 0 Å². The molecule has 1 heterocycles. The number of benzene rings is 1. The van der Waals surface area contributed by atoms with Crippen LogP contribution in [0.1, 0.15) is 41.1 Å². The minimum atomic E-state index is -0.497. The summed E-state index contributed by atoms with van der Waals surface area (Å²) in [5.41, 5.74) is 1.67. The number of hydrogen-bond acceptors (Lipinski definition) is 3. The van der Waals surface area contributed by atoms with E-state index in [1.165, 1.54) is 18.9 Å². The lowest BCUT2D eigenvalue weighted by Gasteiger charge is -2.08. The molecule has 2 saturated carbocycles. The molecule has 0 radical (unpaired) electrons. The zero-order valence-corrected chi connectivity index (χ0v) is 13.6. The zero-order chi connectivity index (χ0) is 16.7. The van der Waals surface area contributed by atoms with E-state index in [1.807, 2.05) is 0 Å². The molecule has 2 aromatic rings. The molecule has 126 valence electrons. The van der Waals surface area contributed by atoms with Gasteiger partial charge in [-0.2, -0.15) is 5.10 Å². The predicted molar refractivity (Wildman–Crippen MR) is 89.4 cm³/mol. The Morgan fingerprint density at radius 2 is 2.25 bits per heavy atom. The fourth-order valence-corrected chi connectivity index (χ4v) is 3.06. The number of carbonyl (C=O) groups is 1. The third-order valence-corrected chi connectivity index (χ3v) is 4.78. The smallest absolute Gasteiger partial charge is 0.258 e. The lowest BCUT2D eigenvalue weighted by Crippen LogP contribution is -2.20. The second kappa shape index (κ2) is 6.02. The fraction of sp³-hybridized carbons (Fsp3) is 0.444. The summed E-state index contributed by atoms with van der Waals surface area (Å²) < 4.78 is 15.7. The van der Waals surface area contributed by atoms with E-state index >= 15 is 0 Å². The lowest BCUT2D eigenvalue weighted by atomic mass is 10.1. The zero-order valence-electron chi connectivity index (χ0n) is 13.6. The molecule has 2 aliphatic rings. The molecule has 24 heavy (non-hydrogen) atoms. The van der Waals surface area contributed by atoms with Crippen molar-refractivity contribution in [3.8, 4) is 0 Å². The Balaban J connectivity index is 1.44. The fourth-order valence-electron chi connectivity index (χ4n) is 3.06. The monoisotopic (exact) mass is 328 g/mol. The Kier molecular flexibility index (Phi) is 3.84. The first-order valence-corrected chi connectivity index (χ1v) is 8.43. The summed E-state index contributed by atoms with van der Waals surface area (Å²) in [5, 5.41) is 10.2. The topological polar surface area (TPSA) is 59.0 Å². The van der Waals surface area contributed by atoms with Crippen LogP contribution < -0.4 is 10.6 Å². The maximum atomic E-state index is 14.1. The van der Waals surface area contributed by atoms with Gasteiger partial charge in [-0.1, -0.05) is 6.07 Å². The third kappa shape index (κ3) is 3.33. The lowest BCUT2D eigenvalue weighted by molar-refractivity contribution is 0.102. The first kappa shape index (κ1) is 15.3. The molecule has 2 aliphatic carbocycles. The first-order chi connectivity index (χ1) is 11.6. The average Bonchev–Trinajstić information content (AvgIpc) is 3.46. The number of nitrogens with one attached hydrogen (secondary N) is 2. The molecule has 6 heteroatoms. The Morgan fingerprint density at radius 3 is 2.96 bits per heavy atom. The number of hydrogen-bond donors (Lipinski definition) is 2. The Morgan fingerprint density at radius 1 is 1.42 bits per heavy atom. The predicted octanol–water partition coefficient (Wildman–Crippen LogP) is 2.67. The number of carbonyl (C=O) groups excluding carboxylic acids is 1. The van der Waals surface area contributed by atoms with E-state index in [4.69, 9.17) is 0 Å². The molecule has 1 aromatic carbocycles. The van der Waals surface area contributed by atoms with Crippen molar-refractivity contribution < 1.29 is 9.18 Å². The second-order valence-corrected chi connectivity index (χ2v) is 6.90. The molecule has 0 spiro atoms. The summed E-state index contributed by atoms with van der Waals surface area (Å²) in [6.45, 7) is 1.08. The van der Waals surface area contributed by atoms with Crippen molar-refractivity contribution in [1.29, 1.82) is 0 Å². The van der Waals surface area contributed by atoms with Gasteiger partial charge in [0.1, 0.15) is 5.82 Å². The van der Waals surface area contributed by atoms with E-state index in [0.717, 1.165) is 24.4 Å². The van der Waals surface area contributed by atoms with Crippen LogP contribution in [-0.2, 0) is 7.05 Å². The molecule has 2 atom stereocenters. The van der Waals surface area contributed by atoms with E-state index in [0.29, 0.717) is 17.6 Å². The van der Waals surface area contributed by atoms with Gasteiger partial charge in [-0.3, -0.25) is 9.48 Å². The number of amides is 1. The van der Waals surface area contributed by atoms with Crippen LogP contribution in [-0.4, -0.2) is 28.3 Å². The molecular weight excluding hydrogens is 307 g/mol.